The van der Waals surface area contributed by atoms with E-state index in [0.717, 1.165) is 12.2 Å². The molecule has 1 amide bonds. The monoisotopic (exact) mass is 205 g/mol. The number of nitrogens with one attached hydrogen (secondary N) is 1. The van der Waals surface area contributed by atoms with Crippen LogP contribution in [-0.2, 0) is 4.79 Å². The van der Waals surface area contributed by atoms with Gasteiger partial charge in [-0.2, -0.15) is 11.8 Å². The van der Waals surface area contributed by atoms with Crippen LogP contribution in [0.5, 0.6) is 0 Å². The molecular weight excluding hydrogens is 186 g/mol. The van der Waals surface area contributed by atoms with Gasteiger partial charge in [-0.05, 0) is 19.1 Å². The first-order valence-corrected chi connectivity index (χ1v) is 5.63. The molecule has 0 fully saturated rings. The third-order valence-electron chi connectivity index (χ3n) is 1.89. The SMILES string of the molecule is CNC(=O)CCCSC(C)C(C)O. The molecule has 0 spiro atoms. The third-order valence-corrected chi connectivity index (χ3v) is 3.33. The molecule has 0 aromatic carbocycles. The van der Waals surface area contributed by atoms with Crippen LogP contribution in [0.3, 0.4) is 0 Å². The molecule has 2 atom stereocenters. The van der Waals surface area contributed by atoms with Crippen molar-refractivity contribution < 1.29 is 9.90 Å². The lowest BCUT2D eigenvalue weighted by molar-refractivity contribution is -0.120. The fraction of sp³-hybridized carbons (Fsp3) is 0.889. The molecule has 0 saturated carbocycles. The van der Waals surface area contributed by atoms with Gasteiger partial charge in [-0.25, -0.2) is 0 Å². The molecule has 0 aliphatic carbocycles. The van der Waals surface area contributed by atoms with Crippen molar-refractivity contribution >= 4 is 17.7 Å². The molecule has 0 aliphatic heterocycles. The Bertz CT molecular complexity index is 151. The van der Waals surface area contributed by atoms with Gasteiger partial charge < -0.3 is 10.4 Å². The Balaban J connectivity index is 3.30. The summed E-state index contributed by atoms with van der Waals surface area (Å²) in [5.41, 5.74) is 0. The van der Waals surface area contributed by atoms with Crippen molar-refractivity contribution in [2.45, 2.75) is 38.0 Å². The van der Waals surface area contributed by atoms with Gasteiger partial charge in [0.15, 0.2) is 0 Å². The van der Waals surface area contributed by atoms with Crippen molar-refractivity contribution in [1.29, 1.82) is 0 Å². The number of carbonyl (C=O) groups is 1. The normalized spacial score (nSPS) is 15.1. The molecule has 0 aromatic rings. The summed E-state index contributed by atoms with van der Waals surface area (Å²) in [5.74, 6) is 1.02. The minimum atomic E-state index is -0.273. The van der Waals surface area contributed by atoms with E-state index >= 15 is 0 Å². The quantitative estimate of drug-likeness (QED) is 0.636. The third kappa shape index (κ3) is 6.90. The van der Waals surface area contributed by atoms with Gasteiger partial charge in [0.05, 0.1) is 6.10 Å². The van der Waals surface area contributed by atoms with Crippen LogP contribution in [0, 0.1) is 0 Å². The first kappa shape index (κ1) is 12.8. The standard InChI is InChI=1S/C9H19NO2S/c1-7(11)8(2)13-6-4-5-9(12)10-3/h7-8,11H,4-6H2,1-3H3,(H,10,12). The Hall–Kier alpha value is -0.220. The largest absolute Gasteiger partial charge is 0.392 e. The first-order chi connectivity index (χ1) is 6.07. The summed E-state index contributed by atoms with van der Waals surface area (Å²) in [6, 6.07) is 0. The summed E-state index contributed by atoms with van der Waals surface area (Å²) in [6.07, 6.45) is 1.18. The highest BCUT2D eigenvalue weighted by atomic mass is 32.2. The van der Waals surface area contributed by atoms with Crippen LogP contribution >= 0.6 is 11.8 Å². The van der Waals surface area contributed by atoms with Crippen molar-refractivity contribution in [3.8, 4) is 0 Å². The van der Waals surface area contributed by atoms with E-state index < -0.39 is 0 Å². The highest BCUT2D eigenvalue weighted by Gasteiger charge is 2.08. The zero-order chi connectivity index (χ0) is 10.3. The van der Waals surface area contributed by atoms with Gasteiger partial charge in [-0.1, -0.05) is 6.92 Å². The second-order valence-corrected chi connectivity index (χ2v) is 4.58. The van der Waals surface area contributed by atoms with Gasteiger partial charge in [0, 0.05) is 18.7 Å². The number of aliphatic hydroxyl groups excluding tert-OH is 1. The molecule has 3 nitrogen and oxygen atoms in total. The fourth-order valence-electron chi connectivity index (χ4n) is 0.766. The number of carbonyl (C=O) groups excluding carboxylic acids is 1. The van der Waals surface area contributed by atoms with Crippen LogP contribution in [0.15, 0.2) is 0 Å². The maximum atomic E-state index is 10.8. The summed E-state index contributed by atoms with van der Waals surface area (Å²) in [7, 11) is 1.65. The van der Waals surface area contributed by atoms with E-state index in [1.807, 2.05) is 6.92 Å². The maximum Gasteiger partial charge on any atom is 0.219 e. The lowest BCUT2D eigenvalue weighted by Crippen LogP contribution is -2.18. The molecule has 2 unspecified atom stereocenters. The van der Waals surface area contributed by atoms with Gasteiger partial charge >= 0.3 is 0 Å². The average molecular weight is 205 g/mol. The zero-order valence-electron chi connectivity index (χ0n) is 8.54. The van der Waals surface area contributed by atoms with Crippen molar-refractivity contribution in [3.05, 3.63) is 0 Å². The van der Waals surface area contributed by atoms with Crippen molar-refractivity contribution in [3.63, 3.8) is 0 Å². The van der Waals surface area contributed by atoms with Crippen molar-refractivity contribution in [2.24, 2.45) is 0 Å². The Kier molecular flexibility index (Phi) is 7.09. The lowest BCUT2D eigenvalue weighted by atomic mass is 10.3. The number of hydrogen-bond acceptors (Lipinski definition) is 3. The summed E-state index contributed by atoms with van der Waals surface area (Å²) in [5, 5.41) is 12.0. The molecule has 2 N–H and O–H groups in total. The molecule has 4 heteroatoms. The number of aliphatic hydroxyl groups is 1. The lowest BCUT2D eigenvalue weighted by Gasteiger charge is -2.13. The average Bonchev–Trinajstić information content (AvgIpc) is 2.11. The summed E-state index contributed by atoms with van der Waals surface area (Å²) >= 11 is 1.71. The molecule has 78 valence electrons. The van der Waals surface area contributed by atoms with Crippen LogP contribution in [0.2, 0.25) is 0 Å². The second-order valence-electron chi connectivity index (χ2n) is 3.09. The van der Waals surface area contributed by atoms with E-state index in [4.69, 9.17) is 0 Å². The van der Waals surface area contributed by atoms with Gasteiger partial charge in [0.25, 0.3) is 0 Å². The highest BCUT2D eigenvalue weighted by Crippen LogP contribution is 2.15. The van der Waals surface area contributed by atoms with Crippen LogP contribution in [0.25, 0.3) is 0 Å². The summed E-state index contributed by atoms with van der Waals surface area (Å²) in [6.45, 7) is 3.78. The molecule has 0 rings (SSSR count). The predicted molar refractivity (Wildman–Crippen MR) is 56.9 cm³/mol. The molecule has 0 bridgehead atoms. The molecule has 0 heterocycles. The van der Waals surface area contributed by atoms with E-state index in [1.165, 1.54) is 0 Å². The summed E-state index contributed by atoms with van der Waals surface area (Å²) in [4.78, 5) is 10.8. The van der Waals surface area contributed by atoms with Crippen LogP contribution in [0.4, 0.5) is 0 Å². The zero-order valence-corrected chi connectivity index (χ0v) is 9.36. The van der Waals surface area contributed by atoms with Gasteiger partial charge in [-0.15, -0.1) is 0 Å². The maximum absolute atomic E-state index is 10.8. The Labute approximate surface area is 84.3 Å². The number of amides is 1. The van der Waals surface area contributed by atoms with Crippen LogP contribution < -0.4 is 5.32 Å². The molecule has 0 saturated heterocycles. The molecular formula is C9H19NO2S. The fourth-order valence-corrected chi connectivity index (χ4v) is 1.73. The number of rotatable bonds is 6. The molecule has 0 aromatic heterocycles. The van der Waals surface area contributed by atoms with Gasteiger partial charge in [-0.3, -0.25) is 4.79 Å². The Morgan fingerprint density at radius 3 is 2.62 bits per heavy atom. The topological polar surface area (TPSA) is 49.3 Å². The van der Waals surface area contributed by atoms with E-state index in [1.54, 1.807) is 25.7 Å². The van der Waals surface area contributed by atoms with Crippen molar-refractivity contribution in [2.75, 3.05) is 12.8 Å². The highest BCUT2D eigenvalue weighted by molar-refractivity contribution is 7.99. The number of hydrogen-bond donors (Lipinski definition) is 2. The molecule has 0 radical (unpaired) electrons. The first-order valence-electron chi connectivity index (χ1n) is 4.58. The Morgan fingerprint density at radius 2 is 2.15 bits per heavy atom. The van der Waals surface area contributed by atoms with E-state index in [9.17, 15) is 9.90 Å². The smallest absolute Gasteiger partial charge is 0.219 e. The molecule has 13 heavy (non-hydrogen) atoms. The van der Waals surface area contributed by atoms with E-state index in [2.05, 4.69) is 5.32 Å². The van der Waals surface area contributed by atoms with Gasteiger partial charge in [0.2, 0.25) is 5.91 Å². The summed E-state index contributed by atoms with van der Waals surface area (Å²) < 4.78 is 0. The van der Waals surface area contributed by atoms with E-state index in [-0.39, 0.29) is 17.3 Å². The minimum Gasteiger partial charge on any atom is -0.392 e. The Morgan fingerprint density at radius 1 is 1.54 bits per heavy atom. The van der Waals surface area contributed by atoms with Crippen LogP contribution in [0.1, 0.15) is 26.7 Å². The minimum absolute atomic E-state index is 0.0882. The van der Waals surface area contributed by atoms with Crippen LogP contribution in [-0.4, -0.2) is 35.2 Å². The predicted octanol–water partition coefficient (Wildman–Crippen LogP) is 1.02. The van der Waals surface area contributed by atoms with Gasteiger partial charge in [0.1, 0.15) is 0 Å². The van der Waals surface area contributed by atoms with Crippen molar-refractivity contribution in [1.82, 2.24) is 5.32 Å². The second kappa shape index (κ2) is 7.21. The van der Waals surface area contributed by atoms with E-state index in [0.29, 0.717) is 6.42 Å². The number of thioether (sulfide) groups is 1. The molecule has 0 aliphatic rings.